The van der Waals surface area contributed by atoms with E-state index in [0.29, 0.717) is 30.7 Å². The molecule has 0 aliphatic heterocycles. The van der Waals surface area contributed by atoms with Crippen LogP contribution in [0.5, 0.6) is 5.75 Å². The maximum Gasteiger partial charge on any atom is 0.175 e. The average Bonchev–Trinajstić information content (AvgIpc) is 2.99. The standard InChI is InChI=1S/C18H21N3O4S/c1-13-5-6-14(2)18(11-13)24-9-4-10-25-21-17-12-15(26(3,22)23)7-8-16(17)19-20-21/h5-8,11-12H,4,9-10H2,1-3H3. The predicted octanol–water partition coefficient (Wildman–Crippen LogP) is 2.35. The van der Waals surface area contributed by atoms with E-state index >= 15 is 0 Å². The summed E-state index contributed by atoms with van der Waals surface area (Å²) in [5.41, 5.74) is 3.33. The molecule has 0 radical (unpaired) electrons. The van der Waals surface area contributed by atoms with E-state index in [1.54, 1.807) is 6.07 Å². The number of ether oxygens (including phenoxy) is 1. The minimum atomic E-state index is -3.30. The van der Waals surface area contributed by atoms with Gasteiger partial charge in [0.15, 0.2) is 9.84 Å². The van der Waals surface area contributed by atoms with Crippen LogP contribution in [0.1, 0.15) is 17.5 Å². The molecule has 0 unspecified atom stereocenters. The van der Waals surface area contributed by atoms with Crippen LogP contribution < -0.4 is 9.57 Å². The molecule has 0 bridgehead atoms. The highest BCUT2D eigenvalue weighted by molar-refractivity contribution is 7.90. The van der Waals surface area contributed by atoms with Crippen LogP contribution in [0.4, 0.5) is 0 Å². The first kappa shape index (κ1) is 18.2. The second kappa shape index (κ2) is 7.33. The number of aromatic nitrogens is 3. The van der Waals surface area contributed by atoms with Crippen LogP contribution in [0.15, 0.2) is 41.3 Å². The van der Waals surface area contributed by atoms with Crippen LogP contribution in [-0.2, 0) is 9.84 Å². The number of hydrogen-bond acceptors (Lipinski definition) is 6. The van der Waals surface area contributed by atoms with E-state index in [4.69, 9.17) is 9.57 Å². The van der Waals surface area contributed by atoms with Gasteiger partial charge in [-0.2, -0.15) is 0 Å². The van der Waals surface area contributed by atoms with Gasteiger partial charge >= 0.3 is 0 Å². The van der Waals surface area contributed by atoms with Gasteiger partial charge in [-0.1, -0.05) is 17.0 Å². The molecule has 3 aromatic rings. The zero-order valence-corrected chi connectivity index (χ0v) is 15.8. The molecule has 0 saturated heterocycles. The van der Waals surface area contributed by atoms with Gasteiger partial charge in [-0.3, -0.25) is 0 Å². The van der Waals surface area contributed by atoms with Crippen molar-refractivity contribution < 1.29 is 18.0 Å². The Balaban J connectivity index is 1.59. The molecule has 26 heavy (non-hydrogen) atoms. The summed E-state index contributed by atoms with van der Waals surface area (Å²) >= 11 is 0. The Labute approximate surface area is 152 Å². The van der Waals surface area contributed by atoms with Gasteiger partial charge in [0.1, 0.15) is 23.4 Å². The van der Waals surface area contributed by atoms with Crippen LogP contribution in [0.25, 0.3) is 11.0 Å². The van der Waals surface area contributed by atoms with Crippen molar-refractivity contribution in [3.63, 3.8) is 0 Å². The first-order chi connectivity index (χ1) is 12.3. The second-order valence-corrected chi connectivity index (χ2v) is 8.20. The summed E-state index contributed by atoms with van der Waals surface area (Å²) < 4.78 is 29.2. The third kappa shape index (κ3) is 4.13. The van der Waals surface area contributed by atoms with E-state index < -0.39 is 9.84 Å². The number of fused-ring (bicyclic) bond motifs is 1. The van der Waals surface area contributed by atoms with Gasteiger partial charge < -0.3 is 9.57 Å². The lowest BCUT2D eigenvalue weighted by Crippen LogP contribution is -2.16. The molecule has 0 N–H and O–H groups in total. The monoisotopic (exact) mass is 375 g/mol. The van der Waals surface area contributed by atoms with Crippen molar-refractivity contribution in [2.24, 2.45) is 0 Å². The average molecular weight is 375 g/mol. The zero-order valence-electron chi connectivity index (χ0n) is 15.0. The highest BCUT2D eigenvalue weighted by Gasteiger charge is 2.12. The van der Waals surface area contributed by atoms with Crippen molar-refractivity contribution in [3.05, 3.63) is 47.5 Å². The first-order valence-corrected chi connectivity index (χ1v) is 10.1. The SMILES string of the molecule is Cc1ccc(C)c(OCCCOn2nnc3ccc(S(C)(=O)=O)cc32)c1. The molecule has 0 amide bonds. The summed E-state index contributed by atoms with van der Waals surface area (Å²) in [7, 11) is -3.30. The fourth-order valence-electron chi connectivity index (χ4n) is 2.46. The maximum absolute atomic E-state index is 11.7. The molecule has 2 aromatic carbocycles. The van der Waals surface area contributed by atoms with E-state index in [-0.39, 0.29) is 4.90 Å². The fourth-order valence-corrected chi connectivity index (χ4v) is 3.10. The van der Waals surface area contributed by atoms with Crippen molar-refractivity contribution in [2.45, 2.75) is 25.2 Å². The van der Waals surface area contributed by atoms with Crippen molar-refractivity contribution in [1.29, 1.82) is 0 Å². The Morgan fingerprint density at radius 2 is 1.88 bits per heavy atom. The molecule has 138 valence electrons. The summed E-state index contributed by atoms with van der Waals surface area (Å²) in [5.74, 6) is 0.869. The van der Waals surface area contributed by atoms with Crippen LogP contribution in [0.3, 0.4) is 0 Å². The molecule has 1 heterocycles. The van der Waals surface area contributed by atoms with Gasteiger partial charge in [0.2, 0.25) is 0 Å². The molecule has 8 heteroatoms. The van der Waals surface area contributed by atoms with Crippen LogP contribution in [0.2, 0.25) is 0 Å². The Morgan fingerprint density at radius 3 is 2.65 bits per heavy atom. The van der Waals surface area contributed by atoms with Crippen molar-refractivity contribution in [1.82, 2.24) is 15.2 Å². The summed E-state index contributed by atoms with van der Waals surface area (Å²) in [5, 5.41) is 7.88. The molecule has 0 fully saturated rings. The Hall–Kier alpha value is -2.61. The third-order valence-electron chi connectivity index (χ3n) is 3.92. The van der Waals surface area contributed by atoms with Crippen molar-refractivity contribution >= 4 is 20.9 Å². The molecule has 0 spiro atoms. The molecule has 3 rings (SSSR count). The molecular weight excluding hydrogens is 354 g/mol. The summed E-state index contributed by atoms with van der Waals surface area (Å²) in [6.45, 7) is 4.90. The molecule has 0 atom stereocenters. The Morgan fingerprint density at radius 1 is 1.08 bits per heavy atom. The second-order valence-electron chi connectivity index (χ2n) is 6.19. The number of hydrogen-bond donors (Lipinski definition) is 0. The third-order valence-corrected chi connectivity index (χ3v) is 5.03. The number of nitrogens with zero attached hydrogens (tertiary/aromatic N) is 3. The lowest BCUT2D eigenvalue weighted by molar-refractivity contribution is 0.0778. The molecule has 0 aliphatic carbocycles. The van der Waals surface area contributed by atoms with Gasteiger partial charge in [-0.25, -0.2) is 8.42 Å². The summed E-state index contributed by atoms with van der Waals surface area (Å²) in [6.07, 6.45) is 1.81. The minimum absolute atomic E-state index is 0.204. The van der Waals surface area contributed by atoms with Gasteiger partial charge in [-0.05, 0) is 54.5 Å². The van der Waals surface area contributed by atoms with Crippen LogP contribution >= 0.6 is 0 Å². The van der Waals surface area contributed by atoms with Crippen molar-refractivity contribution in [2.75, 3.05) is 19.5 Å². The predicted molar refractivity (Wildman–Crippen MR) is 98.1 cm³/mol. The summed E-state index contributed by atoms with van der Waals surface area (Å²) in [4.78, 5) is 7.04. The normalized spacial score (nSPS) is 11.7. The highest BCUT2D eigenvalue weighted by atomic mass is 32.2. The number of benzene rings is 2. The lowest BCUT2D eigenvalue weighted by Gasteiger charge is -2.10. The number of aryl methyl sites for hydroxylation is 2. The van der Waals surface area contributed by atoms with Gasteiger partial charge in [0.25, 0.3) is 0 Å². The van der Waals surface area contributed by atoms with E-state index in [9.17, 15) is 8.42 Å². The molecule has 7 nitrogen and oxygen atoms in total. The molecule has 0 saturated carbocycles. The fraction of sp³-hybridized carbons (Fsp3) is 0.333. The molecular formula is C18H21N3O4S. The highest BCUT2D eigenvalue weighted by Crippen LogP contribution is 2.19. The smallest absolute Gasteiger partial charge is 0.175 e. The van der Waals surface area contributed by atoms with E-state index in [1.165, 1.54) is 17.0 Å². The van der Waals surface area contributed by atoms with Crippen molar-refractivity contribution in [3.8, 4) is 5.75 Å². The topological polar surface area (TPSA) is 83.3 Å². The van der Waals surface area contributed by atoms with E-state index in [1.807, 2.05) is 32.0 Å². The van der Waals surface area contributed by atoms with Gasteiger partial charge in [0.05, 0.1) is 11.5 Å². The number of sulfone groups is 1. The quantitative estimate of drug-likeness (QED) is 0.590. The van der Waals surface area contributed by atoms with Crippen LogP contribution in [0, 0.1) is 13.8 Å². The first-order valence-electron chi connectivity index (χ1n) is 8.23. The lowest BCUT2D eigenvalue weighted by atomic mass is 10.1. The van der Waals surface area contributed by atoms with Gasteiger partial charge in [-0.15, -0.1) is 5.10 Å². The zero-order chi connectivity index (χ0) is 18.7. The van der Waals surface area contributed by atoms with Crippen LogP contribution in [-0.4, -0.2) is 43.0 Å². The molecule has 0 aliphatic rings. The Kier molecular flexibility index (Phi) is 5.13. The van der Waals surface area contributed by atoms with Gasteiger partial charge in [0, 0.05) is 12.7 Å². The van der Waals surface area contributed by atoms with E-state index in [2.05, 4.69) is 10.3 Å². The maximum atomic E-state index is 11.7. The molecule has 1 aromatic heterocycles. The summed E-state index contributed by atoms with van der Waals surface area (Å²) in [6, 6.07) is 10.7. The number of rotatable bonds is 7. The largest absolute Gasteiger partial charge is 0.493 e. The minimum Gasteiger partial charge on any atom is -0.493 e. The Bertz CT molecular complexity index is 1030. The van der Waals surface area contributed by atoms with E-state index in [0.717, 1.165) is 23.1 Å².